The van der Waals surface area contributed by atoms with E-state index < -0.39 is 34.2 Å². The van der Waals surface area contributed by atoms with E-state index in [-0.39, 0.29) is 24.4 Å². The predicted octanol–water partition coefficient (Wildman–Crippen LogP) is 2.33. The van der Waals surface area contributed by atoms with Gasteiger partial charge in [0.15, 0.2) is 11.5 Å². The number of halogens is 3. The molecule has 138 valence electrons. The predicted molar refractivity (Wildman–Crippen MR) is 83.6 cm³/mol. The molecule has 3 rings (SSSR count). The molecule has 1 aliphatic heterocycles. The Morgan fingerprint density at radius 1 is 1.35 bits per heavy atom. The highest BCUT2D eigenvalue weighted by Crippen LogP contribution is 2.48. The molecule has 0 atom stereocenters. The van der Waals surface area contributed by atoms with Crippen LogP contribution in [0.25, 0.3) is 0 Å². The van der Waals surface area contributed by atoms with Crippen LogP contribution in [0.3, 0.4) is 0 Å². The number of rotatable bonds is 1. The Labute approximate surface area is 147 Å². The summed E-state index contributed by atoms with van der Waals surface area (Å²) in [7, 11) is 1.32. The molecule has 0 unspecified atom stereocenters. The second-order valence-corrected chi connectivity index (χ2v) is 7.65. The van der Waals surface area contributed by atoms with Crippen molar-refractivity contribution in [1.29, 1.82) is 5.26 Å². The summed E-state index contributed by atoms with van der Waals surface area (Å²) in [6, 6.07) is 1.89. The zero-order chi connectivity index (χ0) is 19.5. The third-order valence-corrected chi connectivity index (χ3v) is 4.85. The first-order valence-corrected chi connectivity index (χ1v) is 7.96. The van der Waals surface area contributed by atoms with Crippen LogP contribution < -0.4 is 0 Å². The average Bonchev–Trinajstić information content (AvgIpc) is 2.89. The number of alkyl halides is 3. The molecule has 1 aromatic rings. The Hall–Kier alpha value is -2.63. The number of aromatic nitrogens is 2. The monoisotopic (exact) mass is 366 g/mol. The van der Waals surface area contributed by atoms with Crippen molar-refractivity contribution in [3.05, 3.63) is 29.1 Å². The van der Waals surface area contributed by atoms with Gasteiger partial charge in [0.1, 0.15) is 6.07 Å². The second kappa shape index (κ2) is 5.43. The van der Waals surface area contributed by atoms with E-state index in [1.54, 1.807) is 19.9 Å². The molecule has 1 amide bonds. The lowest BCUT2D eigenvalue weighted by Crippen LogP contribution is -2.61. The lowest BCUT2D eigenvalue weighted by molar-refractivity contribution is -0.142. The summed E-state index contributed by atoms with van der Waals surface area (Å²) in [5.41, 5.74) is -2.96. The third kappa shape index (κ3) is 2.79. The number of carbonyl (C=O) groups is 2. The normalized spacial score (nSPS) is 21.2. The highest BCUT2D eigenvalue weighted by Gasteiger charge is 2.53. The SMILES string of the molecule is Cn1cc(C(=O)N2CC3(C=C(C#N)C(=O)C(C)(C)C3)C2)c(C(F)(F)F)n1. The number of allylic oxidation sites excluding steroid dienone is 1. The van der Waals surface area contributed by atoms with Crippen molar-refractivity contribution >= 4 is 11.7 Å². The van der Waals surface area contributed by atoms with E-state index in [0.29, 0.717) is 6.42 Å². The number of aryl methyl sites for hydroxylation is 1. The van der Waals surface area contributed by atoms with Gasteiger partial charge in [-0.05, 0) is 6.42 Å². The molecule has 0 radical (unpaired) electrons. The Bertz CT molecular complexity index is 868. The van der Waals surface area contributed by atoms with Crippen LogP contribution in [-0.4, -0.2) is 39.5 Å². The van der Waals surface area contributed by atoms with Gasteiger partial charge in [0.2, 0.25) is 0 Å². The molecule has 0 saturated carbocycles. The van der Waals surface area contributed by atoms with E-state index in [2.05, 4.69) is 5.10 Å². The fraction of sp³-hybridized carbons (Fsp3) is 0.529. The maximum atomic E-state index is 13.1. The van der Waals surface area contributed by atoms with Crippen LogP contribution in [0.15, 0.2) is 17.8 Å². The minimum absolute atomic E-state index is 0.0470. The van der Waals surface area contributed by atoms with Gasteiger partial charge in [-0.25, -0.2) is 0 Å². The summed E-state index contributed by atoms with van der Waals surface area (Å²) in [6.45, 7) is 3.80. The fourth-order valence-electron chi connectivity index (χ4n) is 3.92. The highest BCUT2D eigenvalue weighted by atomic mass is 19.4. The molecule has 1 spiro atoms. The van der Waals surface area contributed by atoms with Crippen molar-refractivity contribution in [3.8, 4) is 6.07 Å². The van der Waals surface area contributed by atoms with Crippen LogP contribution in [0.1, 0.15) is 36.3 Å². The summed E-state index contributed by atoms with van der Waals surface area (Å²) in [5, 5.41) is 12.5. The zero-order valence-corrected chi connectivity index (χ0v) is 14.5. The summed E-state index contributed by atoms with van der Waals surface area (Å²) in [4.78, 5) is 26.0. The Morgan fingerprint density at radius 3 is 2.50 bits per heavy atom. The molecule has 0 N–H and O–H groups in total. The molecule has 1 saturated heterocycles. The first kappa shape index (κ1) is 18.2. The van der Waals surface area contributed by atoms with Gasteiger partial charge in [0.25, 0.3) is 5.91 Å². The maximum absolute atomic E-state index is 13.1. The number of nitriles is 1. The molecule has 1 aromatic heterocycles. The Morgan fingerprint density at radius 2 is 1.96 bits per heavy atom. The maximum Gasteiger partial charge on any atom is 0.435 e. The lowest BCUT2D eigenvalue weighted by atomic mass is 9.61. The molecule has 9 heteroatoms. The van der Waals surface area contributed by atoms with Gasteiger partial charge in [-0.15, -0.1) is 0 Å². The summed E-state index contributed by atoms with van der Waals surface area (Å²) >= 11 is 0. The summed E-state index contributed by atoms with van der Waals surface area (Å²) < 4.78 is 40.2. The molecular weight excluding hydrogens is 349 g/mol. The van der Waals surface area contributed by atoms with E-state index in [1.807, 2.05) is 6.07 Å². The summed E-state index contributed by atoms with van der Waals surface area (Å²) in [6.07, 6.45) is -1.66. The molecule has 0 bridgehead atoms. The van der Waals surface area contributed by atoms with Gasteiger partial charge in [0.05, 0.1) is 11.1 Å². The number of ketones is 1. The first-order valence-electron chi connectivity index (χ1n) is 7.96. The molecule has 1 fully saturated rings. The molecule has 1 aliphatic carbocycles. The van der Waals surface area contributed by atoms with Gasteiger partial charge < -0.3 is 4.90 Å². The number of likely N-dealkylation sites (tertiary alicyclic amines) is 1. The highest BCUT2D eigenvalue weighted by molar-refractivity contribution is 6.04. The van der Waals surface area contributed by atoms with Crippen LogP contribution >= 0.6 is 0 Å². The topological polar surface area (TPSA) is 79.0 Å². The van der Waals surface area contributed by atoms with Crippen molar-refractivity contribution in [2.45, 2.75) is 26.4 Å². The van der Waals surface area contributed by atoms with Crippen LogP contribution in [0.2, 0.25) is 0 Å². The van der Waals surface area contributed by atoms with Crippen LogP contribution in [0, 0.1) is 22.2 Å². The van der Waals surface area contributed by atoms with Gasteiger partial charge >= 0.3 is 6.18 Å². The van der Waals surface area contributed by atoms with Gasteiger partial charge in [-0.3, -0.25) is 14.3 Å². The first-order chi connectivity index (χ1) is 11.9. The molecule has 6 nitrogen and oxygen atoms in total. The number of hydrogen-bond acceptors (Lipinski definition) is 4. The molecule has 0 aromatic carbocycles. The number of carbonyl (C=O) groups excluding carboxylic acids is 2. The standard InChI is InChI=1S/C17H17F3N4O2/c1-15(2)7-16(4-10(5-21)13(15)25)8-24(9-16)14(26)11-6-23(3)22-12(11)17(18,19)20/h4,6H,7-9H2,1-3H3. The number of nitrogens with zero attached hydrogens (tertiary/aromatic N) is 4. The number of amides is 1. The van der Waals surface area contributed by atoms with Crippen molar-refractivity contribution < 1.29 is 22.8 Å². The van der Waals surface area contributed by atoms with E-state index in [9.17, 15) is 28.0 Å². The van der Waals surface area contributed by atoms with Gasteiger partial charge in [-0.1, -0.05) is 19.9 Å². The van der Waals surface area contributed by atoms with Crippen molar-refractivity contribution in [3.63, 3.8) is 0 Å². The number of hydrogen-bond donors (Lipinski definition) is 0. The average molecular weight is 366 g/mol. The van der Waals surface area contributed by atoms with E-state index in [4.69, 9.17) is 0 Å². The fourth-order valence-corrected chi connectivity index (χ4v) is 3.92. The zero-order valence-electron chi connectivity index (χ0n) is 14.5. The Balaban J connectivity index is 1.85. The van der Waals surface area contributed by atoms with E-state index in [1.165, 1.54) is 11.9 Å². The van der Waals surface area contributed by atoms with Gasteiger partial charge in [0, 0.05) is 37.2 Å². The van der Waals surface area contributed by atoms with E-state index in [0.717, 1.165) is 10.9 Å². The lowest BCUT2D eigenvalue weighted by Gasteiger charge is -2.53. The van der Waals surface area contributed by atoms with Crippen LogP contribution in [-0.2, 0) is 18.0 Å². The van der Waals surface area contributed by atoms with E-state index >= 15 is 0 Å². The van der Waals surface area contributed by atoms with Crippen LogP contribution in [0.4, 0.5) is 13.2 Å². The Kier molecular flexibility index (Phi) is 3.80. The quantitative estimate of drug-likeness (QED) is 0.764. The van der Waals surface area contributed by atoms with Gasteiger partial charge in [-0.2, -0.15) is 23.5 Å². The van der Waals surface area contributed by atoms with Crippen molar-refractivity contribution in [2.75, 3.05) is 13.1 Å². The largest absolute Gasteiger partial charge is 0.435 e. The minimum atomic E-state index is -4.72. The molecular formula is C17H17F3N4O2. The third-order valence-electron chi connectivity index (χ3n) is 4.85. The van der Waals surface area contributed by atoms with Crippen molar-refractivity contribution in [2.24, 2.45) is 17.9 Å². The smallest absolute Gasteiger partial charge is 0.337 e. The van der Waals surface area contributed by atoms with Crippen LogP contribution in [0.5, 0.6) is 0 Å². The number of Topliss-reactive ketones (excluding diaryl/α,β-unsaturated/α-hetero) is 1. The second-order valence-electron chi connectivity index (χ2n) is 7.65. The molecule has 2 aliphatic rings. The van der Waals surface area contributed by atoms with Crippen molar-refractivity contribution in [1.82, 2.24) is 14.7 Å². The summed E-state index contributed by atoms with van der Waals surface area (Å²) in [5.74, 6) is -1.00. The molecule has 26 heavy (non-hydrogen) atoms. The minimum Gasteiger partial charge on any atom is -0.337 e. The molecule has 2 heterocycles.